The highest BCUT2D eigenvalue weighted by Gasteiger charge is 2.16. The summed E-state index contributed by atoms with van der Waals surface area (Å²) in [5.74, 6) is -0.561. The van der Waals surface area contributed by atoms with Gasteiger partial charge in [-0.25, -0.2) is 9.37 Å². The molecule has 0 radical (unpaired) electrons. The molecule has 6 nitrogen and oxygen atoms in total. The van der Waals surface area contributed by atoms with E-state index in [0.717, 1.165) is 17.8 Å². The van der Waals surface area contributed by atoms with Gasteiger partial charge in [0, 0.05) is 22.6 Å². The minimum Gasteiger partial charge on any atom is -0.258 e. The van der Waals surface area contributed by atoms with Crippen LogP contribution in [-0.2, 0) is 0 Å². The second-order valence-electron chi connectivity index (χ2n) is 4.03. The lowest BCUT2D eigenvalue weighted by molar-refractivity contribution is -0.385. The molecule has 0 aliphatic carbocycles. The number of nitrogens with zero attached hydrogens (tertiary/aromatic N) is 3. The molecule has 2 rings (SSSR count). The monoisotopic (exact) mass is 294 g/mol. The Bertz CT molecular complexity index is 684. The van der Waals surface area contributed by atoms with E-state index in [0.29, 0.717) is 5.13 Å². The molecule has 0 atom stereocenters. The van der Waals surface area contributed by atoms with Crippen molar-refractivity contribution in [2.24, 2.45) is 5.10 Å². The molecule has 20 heavy (non-hydrogen) atoms. The van der Waals surface area contributed by atoms with Gasteiger partial charge >= 0.3 is 0 Å². The van der Waals surface area contributed by atoms with E-state index in [-0.39, 0.29) is 16.8 Å². The van der Waals surface area contributed by atoms with Gasteiger partial charge in [0.15, 0.2) is 0 Å². The van der Waals surface area contributed by atoms with Crippen LogP contribution in [-0.4, -0.2) is 16.1 Å². The Kier molecular flexibility index (Phi) is 4.04. The molecule has 1 aromatic carbocycles. The van der Waals surface area contributed by atoms with Gasteiger partial charge in [-0.15, -0.1) is 11.3 Å². The van der Waals surface area contributed by atoms with E-state index >= 15 is 0 Å². The van der Waals surface area contributed by atoms with Crippen LogP contribution in [0.2, 0.25) is 0 Å². The van der Waals surface area contributed by atoms with E-state index < -0.39 is 10.7 Å². The van der Waals surface area contributed by atoms with E-state index in [1.54, 1.807) is 0 Å². The van der Waals surface area contributed by atoms with Gasteiger partial charge in [-0.1, -0.05) is 0 Å². The molecule has 0 fully saturated rings. The quantitative estimate of drug-likeness (QED) is 0.533. The smallest absolute Gasteiger partial charge is 0.258 e. The summed E-state index contributed by atoms with van der Waals surface area (Å²) >= 11 is 1.36. The highest BCUT2D eigenvalue weighted by Crippen LogP contribution is 2.22. The molecule has 0 saturated heterocycles. The number of nitro groups is 1. The molecular weight excluding hydrogens is 283 g/mol. The van der Waals surface area contributed by atoms with Crippen molar-refractivity contribution in [2.45, 2.75) is 13.8 Å². The van der Waals surface area contributed by atoms with Crippen molar-refractivity contribution in [1.29, 1.82) is 0 Å². The molecule has 0 aliphatic rings. The second-order valence-corrected chi connectivity index (χ2v) is 4.88. The minimum absolute atomic E-state index is 0.0833. The SMILES string of the molecule is Cc1csc(NN=Cc2c(F)ccc([N+](=O)[O-])c2C)n1. The van der Waals surface area contributed by atoms with Crippen LogP contribution in [0.1, 0.15) is 16.8 Å². The molecule has 8 heteroatoms. The summed E-state index contributed by atoms with van der Waals surface area (Å²) in [5, 5.41) is 17.1. The van der Waals surface area contributed by atoms with Crippen molar-refractivity contribution >= 4 is 28.4 Å². The lowest BCUT2D eigenvalue weighted by atomic mass is 10.1. The van der Waals surface area contributed by atoms with Gasteiger partial charge in [-0.3, -0.25) is 15.5 Å². The molecule has 0 bridgehead atoms. The van der Waals surface area contributed by atoms with Crippen molar-refractivity contribution < 1.29 is 9.31 Å². The number of thiazole rings is 1. The molecule has 0 saturated carbocycles. The number of hydrogen-bond acceptors (Lipinski definition) is 6. The van der Waals surface area contributed by atoms with Crippen molar-refractivity contribution in [3.05, 3.63) is 50.3 Å². The Morgan fingerprint density at radius 3 is 2.85 bits per heavy atom. The average Bonchev–Trinajstić information content (AvgIpc) is 2.78. The highest BCUT2D eigenvalue weighted by atomic mass is 32.1. The highest BCUT2D eigenvalue weighted by molar-refractivity contribution is 7.13. The number of aromatic nitrogens is 1. The van der Waals surface area contributed by atoms with Gasteiger partial charge in [-0.05, 0) is 19.9 Å². The second kappa shape index (κ2) is 5.74. The van der Waals surface area contributed by atoms with Crippen LogP contribution in [0.3, 0.4) is 0 Å². The zero-order valence-electron chi connectivity index (χ0n) is 10.8. The summed E-state index contributed by atoms with van der Waals surface area (Å²) in [5.41, 5.74) is 3.68. The van der Waals surface area contributed by atoms with E-state index in [4.69, 9.17) is 0 Å². The lowest BCUT2D eigenvalue weighted by Crippen LogP contribution is -2.00. The Labute approximate surface area is 118 Å². The number of hydrogen-bond donors (Lipinski definition) is 1. The van der Waals surface area contributed by atoms with E-state index in [1.165, 1.54) is 24.5 Å². The predicted molar refractivity (Wildman–Crippen MR) is 75.9 cm³/mol. The van der Waals surface area contributed by atoms with E-state index in [2.05, 4.69) is 15.5 Å². The molecule has 1 N–H and O–H groups in total. The van der Waals surface area contributed by atoms with E-state index in [1.807, 2.05) is 12.3 Å². The average molecular weight is 294 g/mol. The third-order valence-electron chi connectivity index (χ3n) is 2.60. The van der Waals surface area contributed by atoms with Crippen molar-refractivity contribution in [2.75, 3.05) is 5.43 Å². The fourth-order valence-electron chi connectivity index (χ4n) is 1.60. The molecule has 0 amide bonds. The normalized spacial score (nSPS) is 10.9. The third kappa shape index (κ3) is 2.97. The van der Waals surface area contributed by atoms with Gasteiger partial charge in [0.05, 0.1) is 16.8 Å². The van der Waals surface area contributed by atoms with Gasteiger partial charge in [-0.2, -0.15) is 5.10 Å². The van der Waals surface area contributed by atoms with Gasteiger partial charge in [0.1, 0.15) is 5.82 Å². The first kappa shape index (κ1) is 14.1. The Morgan fingerprint density at radius 2 is 2.25 bits per heavy atom. The molecular formula is C12H11FN4O2S. The van der Waals surface area contributed by atoms with Crippen molar-refractivity contribution in [3.63, 3.8) is 0 Å². The predicted octanol–water partition coefficient (Wildman–Crippen LogP) is 3.25. The maximum Gasteiger partial charge on any atom is 0.273 e. The van der Waals surface area contributed by atoms with Crippen LogP contribution < -0.4 is 5.43 Å². The first-order valence-electron chi connectivity index (χ1n) is 5.63. The Morgan fingerprint density at radius 1 is 1.50 bits per heavy atom. The molecule has 2 aromatic rings. The standard InChI is InChI=1S/C12H11FN4O2S/c1-7-6-20-12(15-7)16-14-5-9-8(2)11(17(18)19)4-3-10(9)13/h3-6H,1-2H3,(H,15,16). The third-order valence-corrected chi connectivity index (χ3v) is 3.47. The number of benzene rings is 1. The molecule has 1 aromatic heterocycles. The number of hydrazone groups is 1. The number of nitro benzene ring substituents is 1. The van der Waals surface area contributed by atoms with Crippen LogP contribution in [0.25, 0.3) is 0 Å². The van der Waals surface area contributed by atoms with Gasteiger partial charge < -0.3 is 0 Å². The summed E-state index contributed by atoms with van der Waals surface area (Å²) in [4.78, 5) is 14.4. The van der Waals surface area contributed by atoms with Crippen LogP contribution in [0.5, 0.6) is 0 Å². The van der Waals surface area contributed by atoms with Crippen LogP contribution in [0.4, 0.5) is 15.2 Å². The van der Waals surface area contributed by atoms with E-state index in [9.17, 15) is 14.5 Å². The zero-order valence-corrected chi connectivity index (χ0v) is 11.6. The number of halogens is 1. The first-order chi connectivity index (χ1) is 9.49. The lowest BCUT2D eigenvalue weighted by Gasteiger charge is -2.02. The van der Waals surface area contributed by atoms with Crippen molar-refractivity contribution in [3.8, 4) is 0 Å². The summed E-state index contributed by atoms with van der Waals surface area (Å²) in [6, 6.07) is 2.19. The van der Waals surface area contributed by atoms with Crippen molar-refractivity contribution in [1.82, 2.24) is 4.98 Å². The van der Waals surface area contributed by atoms with Crippen LogP contribution in [0.15, 0.2) is 22.6 Å². The zero-order chi connectivity index (χ0) is 14.7. The summed E-state index contributed by atoms with van der Waals surface area (Å²) < 4.78 is 13.7. The fourth-order valence-corrected chi connectivity index (χ4v) is 2.23. The Hall–Kier alpha value is -2.35. The molecule has 104 valence electrons. The number of nitrogens with one attached hydrogen (secondary N) is 1. The first-order valence-corrected chi connectivity index (χ1v) is 6.51. The van der Waals surface area contributed by atoms with Gasteiger partial charge in [0.2, 0.25) is 5.13 Å². The Balaban J connectivity index is 2.24. The molecule has 1 heterocycles. The molecule has 0 spiro atoms. The number of rotatable bonds is 4. The molecule has 0 unspecified atom stereocenters. The fraction of sp³-hybridized carbons (Fsp3) is 0.167. The maximum absolute atomic E-state index is 13.7. The maximum atomic E-state index is 13.7. The van der Waals surface area contributed by atoms with Crippen LogP contribution in [0, 0.1) is 29.8 Å². The topological polar surface area (TPSA) is 80.4 Å². The largest absolute Gasteiger partial charge is 0.273 e. The summed E-state index contributed by atoms with van der Waals surface area (Å²) in [6.45, 7) is 3.33. The summed E-state index contributed by atoms with van der Waals surface area (Å²) in [7, 11) is 0. The molecule has 0 aliphatic heterocycles. The number of aryl methyl sites for hydroxylation is 1. The number of anilines is 1. The van der Waals surface area contributed by atoms with Crippen LogP contribution >= 0.6 is 11.3 Å². The minimum atomic E-state index is -0.561. The summed E-state index contributed by atoms with van der Waals surface area (Å²) in [6.07, 6.45) is 1.22. The van der Waals surface area contributed by atoms with Gasteiger partial charge in [0.25, 0.3) is 5.69 Å².